The summed E-state index contributed by atoms with van der Waals surface area (Å²) in [4.78, 5) is 24.9. The van der Waals surface area contributed by atoms with Gasteiger partial charge in [-0.3, -0.25) is 4.79 Å². The van der Waals surface area contributed by atoms with E-state index in [9.17, 15) is 26.4 Å². The number of aromatic amines is 1. The minimum Gasteiger partial charge on any atom is -0.340 e. The maximum atomic E-state index is 12.9. The fourth-order valence-corrected chi connectivity index (χ4v) is 4.98. The highest BCUT2D eigenvalue weighted by molar-refractivity contribution is 7.91. The van der Waals surface area contributed by atoms with Gasteiger partial charge in [-0.2, -0.15) is 13.2 Å². The molecule has 0 bridgehead atoms. The highest BCUT2D eigenvalue weighted by Crippen LogP contribution is 2.31. The third-order valence-electron chi connectivity index (χ3n) is 5.45. The summed E-state index contributed by atoms with van der Waals surface area (Å²) < 4.78 is 62.6. The lowest BCUT2D eigenvalue weighted by molar-refractivity contribution is -0.137. The molecule has 0 aliphatic carbocycles. The van der Waals surface area contributed by atoms with E-state index in [2.05, 4.69) is 20.3 Å². The molecular formula is C22H22F3N5O3S. The van der Waals surface area contributed by atoms with Crippen LogP contribution in [0, 0.1) is 0 Å². The molecule has 2 aromatic heterocycles. The molecule has 0 spiro atoms. The Balaban J connectivity index is 1.49. The van der Waals surface area contributed by atoms with E-state index in [-0.39, 0.29) is 34.9 Å². The number of hydrogen-bond acceptors (Lipinski definition) is 6. The van der Waals surface area contributed by atoms with Crippen molar-refractivity contribution in [2.24, 2.45) is 0 Å². The van der Waals surface area contributed by atoms with Gasteiger partial charge < -0.3 is 15.2 Å². The normalized spacial score (nSPS) is 14.1. The first kappa shape index (κ1) is 23.7. The van der Waals surface area contributed by atoms with Gasteiger partial charge in [0.15, 0.2) is 0 Å². The van der Waals surface area contributed by atoms with E-state index >= 15 is 0 Å². The zero-order chi connectivity index (χ0) is 24.5. The number of sulfone groups is 1. The van der Waals surface area contributed by atoms with Gasteiger partial charge in [-0.25, -0.2) is 18.4 Å². The number of carbonyl (C=O) groups is 1. The smallest absolute Gasteiger partial charge is 0.340 e. The summed E-state index contributed by atoms with van der Waals surface area (Å²) in [6.45, 7) is 2.40. The molecule has 3 aromatic rings. The van der Waals surface area contributed by atoms with Crippen LogP contribution >= 0.6 is 0 Å². The monoisotopic (exact) mass is 493 g/mol. The second-order valence-corrected chi connectivity index (χ2v) is 9.91. The number of imidazole rings is 1. The molecular weight excluding hydrogens is 471 g/mol. The van der Waals surface area contributed by atoms with Crippen LogP contribution in [0.5, 0.6) is 0 Å². The largest absolute Gasteiger partial charge is 0.417 e. The molecule has 0 radical (unpaired) electrons. The third kappa shape index (κ3) is 4.91. The number of pyridine rings is 1. The first-order valence-corrected chi connectivity index (χ1v) is 12.2. The summed E-state index contributed by atoms with van der Waals surface area (Å²) in [7, 11) is -3.56. The van der Waals surface area contributed by atoms with Crippen molar-refractivity contribution < 1.29 is 26.4 Å². The molecule has 8 nitrogen and oxygen atoms in total. The number of anilines is 2. The number of aromatic nitrogens is 3. The first-order chi connectivity index (χ1) is 16.1. The van der Waals surface area contributed by atoms with E-state index in [1.165, 1.54) is 12.3 Å². The summed E-state index contributed by atoms with van der Waals surface area (Å²) in [5.74, 6) is -0.172. The molecule has 0 fully saturated rings. The topological polar surface area (TPSA) is 108 Å². The Kier molecular flexibility index (Phi) is 6.34. The van der Waals surface area contributed by atoms with Gasteiger partial charge in [0.2, 0.25) is 15.0 Å². The number of H-pyrrole nitrogens is 1. The zero-order valence-corrected chi connectivity index (χ0v) is 19.0. The van der Waals surface area contributed by atoms with Crippen LogP contribution in [0.2, 0.25) is 0 Å². The van der Waals surface area contributed by atoms with Crippen molar-refractivity contribution in [3.63, 3.8) is 0 Å². The van der Waals surface area contributed by atoms with E-state index in [0.29, 0.717) is 25.1 Å². The van der Waals surface area contributed by atoms with Crippen molar-refractivity contribution in [3.05, 3.63) is 65.1 Å². The predicted molar refractivity (Wildman–Crippen MR) is 118 cm³/mol. The molecule has 34 heavy (non-hydrogen) atoms. The van der Waals surface area contributed by atoms with E-state index in [4.69, 9.17) is 0 Å². The van der Waals surface area contributed by atoms with Crippen LogP contribution < -0.4 is 5.32 Å². The lowest BCUT2D eigenvalue weighted by Crippen LogP contribution is -2.36. The summed E-state index contributed by atoms with van der Waals surface area (Å²) in [5.41, 5.74) is 1.70. The number of alkyl halides is 3. The minimum absolute atomic E-state index is 0.0290. The maximum absolute atomic E-state index is 12.9. The number of nitrogens with one attached hydrogen (secondary N) is 2. The Morgan fingerprint density at radius 2 is 2.03 bits per heavy atom. The number of fused-ring (bicyclic) bond motifs is 1. The Morgan fingerprint density at radius 1 is 1.24 bits per heavy atom. The van der Waals surface area contributed by atoms with Gasteiger partial charge in [-0.15, -0.1) is 0 Å². The molecule has 180 valence electrons. The van der Waals surface area contributed by atoms with Gasteiger partial charge in [-0.1, -0.05) is 19.1 Å². The number of halogens is 3. The van der Waals surface area contributed by atoms with Crippen molar-refractivity contribution in [3.8, 4) is 0 Å². The molecule has 12 heteroatoms. The number of hydrogen-bond donors (Lipinski definition) is 2. The summed E-state index contributed by atoms with van der Waals surface area (Å²) in [5, 5.41) is 2.84. The fourth-order valence-electron chi connectivity index (χ4n) is 3.77. The van der Waals surface area contributed by atoms with E-state index in [1.807, 2.05) is 6.07 Å². The molecule has 1 amide bonds. The van der Waals surface area contributed by atoms with Gasteiger partial charge in [-0.05, 0) is 42.2 Å². The molecule has 1 aliphatic rings. The highest BCUT2D eigenvalue weighted by atomic mass is 32.2. The molecule has 4 rings (SSSR count). The number of amides is 1. The summed E-state index contributed by atoms with van der Waals surface area (Å²) in [6.07, 6.45) is -1.45. The Morgan fingerprint density at radius 3 is 2.71 bits per heavy atom. The minimum atomic E-state index is -4.46. The lowest BCUT2D eigenvalue weighted by Gasteiger charge is -2.29. The van der Waals surface area contributed by atoms with E-state index in [0.717, 1.165) is 23.4 Å². The van der Waals surface area contributed by atoms with Crippen molar-refractivity contribution in [2.75, 3.05) is 17.6 Å². The van der Waals surface area contributed by atoms with Crippen LogP contribution in [0.1, 0.15) is 40.5 Å². The highest BCUT2D eigenvalue weighted by Gasteiger charge is 2.31. The molecule has 0 saturated heterocycles. The lowest BCUT2D eigenvalue weighted by atomic mass is 9.97. The van der Waals surface area contributed by atoms with Crippen molar-refractivity contribution in [2.45, 2.75) is 37.6 Å². The summed E-state index contributed by atoms with van der Waals surface area (Å²) in [6, 6.07) is 7.67. The third-order valence-corrected chi connectivity index (χ3v) is 7.19. The average Bonchev–Trinajstić information content (AvgIpc) is 3.30. The first-order valence-electron chi connectivity index (χ1n) is 10.6. The van der Waals surface area contributed by atoms with Crippen molar-refractivity contribution >= 4 is 27.2 Å². The number of nitrogens with zero attached hydrogens (tertiary/aromatic N) is 3. The second-order valence-electron chi connectivity index (χ2n) is 7.88. The van der Waals surface area contributed by atoms with Crippen molar-refractivity contribution in [1.29, 1.82) is 0 Å². The molecule has 0 atom stereocenters. The molecule has 3 heterocycles. The number of rotatable bonds is 6. The van der Waals surface area contributed by atoms with Crippen LogP contribution in [0.25, 0.3) is 0 Å². The standard InChI is InChI=1S/C22H22F3N5O3S/c1-2-10-34(32,33)21-27-12-18(29-21)20(31)30-9-8-16-14(13-30)4-3-5-17(16)28-19-7-6-15(11-26-19)22(23,24)25/h3-7,11-12H,2,8-10,13H2,1H3,(H,26,28)(H,27,29). The second kappa shape index (κ2) is 9.09. The Bertz CT molecular complexity index is 1300. The summed E-state index contributed by atoms with van der Waals surface area (Å²) >= 11 is 0. The van der Waals surface area contributed by atoms with Gasteiger partial charge >= 0.3 is 6.18 Å². The number of benzene rings is 1. The van der Waals surface area contributed by atoms with Gasteiger partial charge in [0.05, 0.1) is 11.3 Å². The molecule has 0 unspecified atom stereocenters. The van der Waals surface area contributed by atoms with Crippen LogP contribution in [0.15, 0.2) is 47.9 Å². The quantitative estimate of drug-likeness (QED) is 0.539. The van der Waals surface area contributed by atoms with Gasteiger partial charge in [0.25, 0.3) is 5.91 Å². The van der Waals surface area contributed by atoms with Crippen molar-refractivity contribution in [1.82, 2.24) is 19.9 Å². The molecule has 1 aromatic carbocycles. The maximum Gasteiger partial charge on any atom is 0.417 e. The zero-order valence-electron chi connectivity index (χ0n) is 18.2. The molecule has 0 saturated carbocycles. The van der Waals surface area contributed by atoms with Gasteiger partial charge in [0.1, 0.15) is 11.5 Å². The van der Waals surface area contributed by atoms with Crippen LogP contribution in [-0.4, -0.2) is 46.5 Å². The van der Waals surface area contributed by atoms with Crippen LogP contribution in [-0.2, 0) is 29.0 Å². The molecule has 1 aliphatic heterocycles. The van der Waals surface area contributed by atoms with Crippen LogP contribution in [0.4, 0.5) is 24.7 Å². The van der Waals surface area contributed by atoms with Gasteiger partial charge in [0, 0.05) is 31.2 Å². The van der Waals surface area contributed by atoms with Crippen LogP contribution in [0.3, 0.4) is 0 Å². The molecule has 2 N–H and O–H groups in total. The average molecular weight is 494 g/mol. The predicted octanol–water partition coefficient (Wildman–Crippen LogP) is 3.95. The Hall–Kier alpha value is -3.41. The van der Waals surface area contributed by atoms with E-state index in [1.54, 1.807) is 24.0 Å². The van der Waals surface area contributed by atoms with E-state index < -0.39 is 21.6 Å². The fraction of sp³-hybridized carbons (Fsp3) is 0.318. The number of carbonyl (C=O) groups excluding carboxylic acids is 1. The SMILES string of the molecule is CCCS(=O)(=O)c1nc(C(=O)N2CCc3c(cccc3Nc3ccc(C(F)(F)F)cn3)C2)c[nH]1. The Labute approximate surface area is 194 Å².